The summed E-state index contributed by atoms with van der Waals surface area (Å²) in [6.07, 6.45) is 1.78. The molecule has 0 N–H and O–H groups in total. The van der Waals surface area contributed by atoms with Crippen molar-refractivity contribution in [1.29, 1.82) is 0 Å². The van der Waals surface area contributed by atoms with Gasteiger partial charge in [-0.1, -0.05) is 71.9 Å². The normalized spacial score (nSPS) is 14.7. The second-order valence-corrected chi connectivity index (χ2v) is 6.53. The lowest BCUT2D eigenvalue weighted by molar-refractivity contribution is -0.136. The first-order valence-electron chi connectivity index (χ1n) is 9.05. The van der Waals surface area contributed by atoms with Gasteiger partial charge in [0.2, 0.25) is 0 Å². The van der Waals surface area contributed by atoms with Crippen LogP contribution in [-0.2, 0) is 16.2 Å². The highest BCUT2D eigenvalue weighted by atomic mass is 16.7. The van der Waals surface area contributed by atoms with Crippen molar-refractivity contribution in [1.82, 2.24) is 0 Å². The Kier molecular flexibility index (Phi) is 5.02. The molecular weight excluding hydrogens is 350 g/mol. The fourth-order valence-corrected chi connectivity index (χ4v) is 2.97. The molecule has 0 spiro atoms. The molecule has 0 radical (unpaired) electrons. The van der Waals surface area contributed by atoms with Crippen LogP contribution in [0.15, 0.2) is 89.6 Å². The molecule has 0 unspecified atom stereocenters. The van der Waals surface area contributed by atoms with E-state index < -0.39 is 5.97 Å². The Labute approximate surface area is 163 Å². The van der Waals surface area contributed by atoms with Crippen LogP contribution in [0.25, 0.3) is 6.08 Å². The Morgan fingerprint density at radius 3 is 2.39 bits per heavy atom. The third-order valence-corrected chi connectivity index (χ3v) is 4.59. The molecule has 0 saturated carbocycles. The lowest BCUT2D eigenvalue weighted by Gasteiger charge is -2.09. The number of nitrogens with zero attached hydrogens (tertiary/aromatic N) is 1. The van der Waals surface area contributed by atoms with E-state index in [1.54, 1.807) is 6.08 Å². The molecule has 3 aromatic carbocycles. The van der Waals surface area contributed by atoms with Crippen LogP contribution in [0.5, 0.6) is 5.75 Å². The van der Waals surface area contributed by atoms with Crippen molar-refractivity contribution >= 4 is 17.8 Å². The summed E-state index contributed by atoms with van der Waals surface area (Å²) < 4.78 is 5.87. The first-order chi connectivity index (χ1) is 13.7. The third kappa shape index (κ3) is 3.86. The quantitative estimate of drug-likeness (QED) is 0.474. The van der Waals surface area contributed by atoms with E-state index in [1.165, 1.54) is 5.56 Å². The summed E-state index contributed by atoms with van der Waals surface area (Å²) in [6, 6.07) is 25.3. The van der Waals surface area contributed by atoms with E-state index in [1.807, 2.05) is 66.7 Å². The monoisotopic (exact) mass is 369 g/mol. The van der Waals surface area contributed by atoms with Crippen molar-refractivity contribution in [2.24, 2.45) is 5.16 Å². The first kappa shape index (κ1) is 17.7. The molecule has 1 aliphatic rings. The SMILES string of the molecule is Cc1ccccc1COc1ccc(/C=C2\C(=O)ON=C2c2ccccc2)cc1. The minimum Gasteiger partial charge on any atom is -0.489 e. The predicted octanol–water partition coefficient (Wildman–Crippen LogP) is 4.92. The zero-order valence-electron chi connectivity index (χ0n) is 15.5. The molecule has 28 heavy (non-hydrogen) atoms. The molecule has 0 fully saturated rings. The van der Waals surface area contributed by atoms with Crippen LogP contribution >= 0.6 is 0 Å². The highest BCUT2D eigenvalue weighted by Crippen LogP contribution is 2.22. The van der Waals surface area contributed by atoms with Crippen molar-refractivity contribution in [3.8, 4) is 5.75 Å². The van der Waals surface area contributed by atoms with Crippen molar-refractivity contribution in [3.05, 3.63) is 107 Å². The van der Waals surface area contributed by atoms with E-state index in [2.05, 4.69) is 24.2 Å². The van der Waals surface area contributed by atoms with Gasteiger partial charge in [0.25, 0.3) is 0 Å². The number of benzene rings is 3. The first-order valence-corrected chi connectivity index (χ1v) is 9.05. The number of oxime groups is 1. The summed E-state index contributed by atoms with van der Waals surface area (Å²) >= 11 is 0. The van der Waals surface area contributed by atoms with Crippen LogP contribution in [0.1, 0.15) is 22.3 Å². The fraction of sp³-hybridized carbons (Fsp3) is 0.0833. The van der Waals surface area contributed by atoms with Gasteiger partial charge in [0.05, 0.1) is 5.57 Å². The van der Waals surface area contributed by atoms with Crippen molar-refractivity contribution < 1.29 is 14.4 Å². The van der Waals surface area contributed by atoms with E-state index >= 15 is 0 Å². The maximum Gasteiger partial charge on any atom is 0.368 e. The maximum absolute atomic E-state index is 12.1. The zero-order chi connectivity index (χ0) is 19.3. The minimum absolute atomic E-state index is 0.444. The Morgan fingerprint density at radius 1 is 0.929 bits per heavy atom. The van der Waals surface area contributed by atoms with Crippen LogP contribution < -0.4 is 4.74 Å². The number of aryl methyl sites for hydroxylation is 1. The van der Waals surface area contributed by atoms with E-state index in [0.717, 1.165) is 22.4 Å². The largest absolute Gasteiger partial charge is 0.489 e. The fourth-order valence-electron chi connectivity index (χ4n) is 2.97. The molecule has 4 nitrogen and oxygen atoms in total. The average Bonchev–Trinajstić information content (AvgIpc) is 3.09. The summed E-state index contributed by atoms with van der Waals surface area (Å²) in [5.41, 5.74) is 5.08. The van der Waals surface area contributed by atoms with Crippen LogP contribution in [0, 0.1) is 6.92 Å². The lowest BCUT2D eigenvalue weighted by Crippen LogP contribution is -2.06. The van der Waals surface area contributed by atoms with Crippen molar-refractivity contribution in [2.45, 2.75) is 13.5 Å². The molecular formula is C24H19NO3. The molecule has 4 heteroatoms. The molecule has 0 saturated heterocycles. The van der Waals surface area contributed by atoms with Gasteiger partial charge in [0.15, 0.2) is 0 Å². The molecule has 3 aromatic rings. The molecule has 1 heterocycles. The number of carbonyl (C=O) groups excluding carboxylic acids is 1. The van der Waals surface area contributed by atoms with E-state index in [4.69, 9.17) is 9.57 Å². The summed E-state index contributed by atoms with van der Waals surface area (Å²) in [4.78, 5) is 17.0. The van der Waals surface area contributed by atoms with Gasteiger partial charge in [-0.25, -0.2) is 4.79 Å². The van der Waals surface area contributed by atoms with Crippen LogP contribution in [0.2, 0.25) is 0 Å². The van der Waals surface area contributed by atoms with E-state index in [-0.39, 0.29) is 0 Å². The summed E-state index contributed by atoms with van der Waals surface area (Å²) in [5, 5.41) is 3.93. The molecule has 0 aliphatic carbocycles. The molecule has 0 aromatic heterocycles. The van der Waals surface area contributed by atoms with Crippen LogP contribution in [-0.4, -0.2) is 11.7 Å². The highest BCUT2D eigenvalue weighted by molar-refractivity contribution is 6.31. The number of rotatable bonds is 5. The Bertz CT molecular complexity index is 1050. The van der Waals surface area contributed by atoms with Crippen molar-refractivity contribution in [2.75, 3.05) is 0 Å². The topological polar surface area (TPSA) is 47.9 Å². The average molecular weight is 369 g/mol. The van der Waals surface area contributed by atoms with Gasteiger partial charge < -0.3 is 9.57 Å². The molecule has 1 aliphatic heterocycles. The van der Waals surface area contributed by atoms with Gasteiger partial charge >= 0.3 is 5.97 Å². The molecule has 4 rings (SSSR count). The molecule has 0 bridgehead atoms. The molecule has 0 amide bonds. The maximum atomic E-state index is 12.1. The highest BCUT2D eigenvalue weighted by Gasteiger charge is 2.26. The number of ether oxygens (including phenoxy) is 1. The number of hydrogen-bond acceptors (Lipinski definition) is 4. The van der Waals surface area contributed by atoms with Gasteiger partial charge in [-0.05, 0) is 41.8 Å². The Balaban J connectivity index is 1.50. The van der Waals surface area contributed by atoms with Gasteiger partial charge in [0.1, 0.15) is 18.1 Å². The Hall–Kier alpha value is -3.66. The zero-order valence-corrected chi connectivity index (χ0v) is 15.5. The predicted molar refractivity (Wildman–Crippen MR) is 109 cm³/mol. The minimum atomic E-state index is -0.446. The van der Waals surface area contributed by atoms with Crippen LogP contribution in [0.4, 0.5) is 0 Å². The van der Waals surface area contributed by atoms with Gasteiger partial charge in [-0.3, -0.25) is 0 Å². The molecule has 138 valence electrons. The third-order valence-electron chi connectivity index (χ3n) is 4.59. The lowest BCUT2D eigenvalue weighted by atomic mass is 10.0. The summed E-state index contributed by atoms with van der Waals surface area (Å²) in [7, 11) is 0. The van der Waals surface area contributed by atoms with Gasteiger partial charge in [0, 0.05) is 5.56 Å². The number of hydrogen-bond donors (Lipinski definition) is 0. The van der Waals surface area contributed by atoms with Gasteiger partial charge in [-0.2, -0.15) is 0 Å². The second-order valence-electron chi connectivity index (χ2n) is 6.53. The van der Waals surface area contributed by atoms with Crippen LogP contribution in [0.3, 0.4) is 0 Å². The van der Waals surface area contributed by atoms with Gasteiger partial charge in [-0.15, -0.1) is 0 Å². The smallest absolute Gasteiger partial charge is 0.368 e. The Morgan fingerprint density at radius 2 is 1.64 bits per heavy atom. The molecule has 0 atom stereocenters. The summed E-state index contributed by atoms with van der Waals surface area (Å²) in [6.45, 7) is 2.59. The standard InChI is InChI=1S/C24H19NO3/c1-17-7-5-6-10-20(17)16-27-21-13-11-18(12-14-21)15-22-23(25-28-24(22)26)19-8-3-2-4-9-19/h2-15H,16H2,1H3/b22-15-. The summed E-state index contributed by atoms with van der Waals surface area (Å²) in [5.74, 6) is 0.329. The van der Waals surface area contributed by atoms with E-state index in [9.17, 15) is 4.79 Å². The van der Waals surface area contributed by atoms with E-state index in [0.29, 0.717) is 17.9 Å². The second kappa shape index (κ2) is 7.92. The number of carbonyl (C=O) groups is 1. The van der Waals surface area contributed by atoms with Crippen molar-refractivity contribution in [3.63, 3.8) is 0 Å².